The minimum atomic E-state index is 0.467. The van der Waals surface area contributed by atoms with Gasteiger partial charge in [0.1, 0.15) is 0 Å². The summed E-state index contributed by atoms with van der Waals surface area (Å²) in [5.74, 6) is 1.71. The molecule has 2 unspecified atom stereocenters. The first-order valence-electron chi connectivity index (χ1n) is 8.94. The van der Waals surface area contributed by atoms with E-state index in [4.69, 9.17) is 0 Å². The second-order valence-electron chi connectivity index (χ2n) is 7.36. The normalized spacial score (nSPS) is 25.8. The maximum atomic E-state index is 3.77. The van der Waals surface area contributed by atoms with Crippen LogP contribution in [0.5, 0.6) is 0 Å². The minimum Gasteiger partial charge on any atom is -0.313 e. The van der Waals surface area contributed by atoms with E-state index in [1.165, 1.54) is 45.3 Å². The zero-order valence-electron chi connectivity index (χ0n) is 14.8. The van der Waals surface area contributed by atoms with E-state index >= 15 is 0 Å². The largest absolute Gasteiger partial charge is 0.313 e. The zero-order chi connectivity index (χ0) is 15.2. The van der Waals surface area contributed by atoms with Gasteiger partial charge < -0.3 is 10.2 Å². The van der Waals surface area contributed by atoms with Crippen molar-refractivity contribution in [2.24, 2.45) is 17.3 Å². The highest BCUT2D eigenvalue weighted by atomic mass is 15.1. The maximum absolute atomic E-state index is 3.77. The quantitative estimate of drug-likeness (QED) is 0.683. The molecule has 0 radical (unpaired) electrons. The van der Waals surface area contributed by atoms with Crippen LogP contribution in [0.4, 0.5) is 0 Å². The monoisotopic (exact) mass is 282 g/mol. The van der Waals surface area contributed by atoms with Gasteiger partial charge in [0.2, 0.25) is 0 Å². The average Bonchev–Trinajstić information content (AvgIpc) is 2.71. The topological polar surface area (TPSA) is 15.3 Å². The Balaban J connectivity index is 2.59. The number of nitrogens with zero attached hydrogens (tertiary/aromatic N) is 1. The lowest BCUT2D eigenvalue weighted by molar-refractivity contribution is 0.169. The van der Waals surface area contributed by atoms with Crippen LogP contribution >= 0.6 is 0 Å². The summed E-state index contributed by atoms with van der Waals surface area (Å²) in [5.41, 5.74) is 0.467. The summed E-state index contributed by atoms with van der Waals surface area (Å²) in [6.07, 6.45) is 5.40. The molecule has 0 heterocycles. The summed E-state index contributed by atoms with van der Waals surface area (Å²) >= 11 is 0. The van der Waals surface area contributed by atoms with E-state index in [0.717, 1.165) is 18.4 Å². The van der Waals surface area contributed by atoms with Crippen molar-refractivity contribution in [2.75, 3.05) is 26.2 Å². The fourth-order valence-corrected chi connectivity index (χ4v) is 3.95. The van der Waals surface area contributed by atoms with Gasteiger partial charge in [-0.2, -0.15) is 0 Å². The molecule has 0 saturated heterocycles. The smallest absolute Gasteiger partial charge is 0.0159 e. The molecule has 120 valence electrons. The molecule has 1 N–H and O–H groups in total. The van der Waals surface area contributed by atoms with Gasteiger partial charge in [-0.05, 0) is 43.2 Å². The van der Waals surface area contributed by atoms with Crippen LogP contribution in [0, 0.1) is 17.3 Å². The van der Waals surface area contributed by atoms with Crippen molar-refractivity contribution in [1.29, 1.82) is 0 Å². The molecule has 20 heavy (non-hydrogen) atoms. The van der Waals surface area contributed by atoms with Gasteiger partial charge in [0.15, 0.2) is 0 Å². The SMILES string of the molecule is CCNC1C(CN(CC)CC(CC)CC)CCC1(C)C. The molecule has 0 aromatic heterocycles. The van der Waals surface area contributed by atoms with E-state index in [2.05, 4.69) is 51.8 Å². The van der Waals surface area contributed by atoms with Crippen molar-refractivity contribution in [3.63, 3.8) is 0 Å². The number of nitrogens with one attached hydrogen (secondary N) is 1. The van der Waals surface area contributed by atoms with Crippen molar-refractivity contribution in [2.45, 2.75) is 73.3 Å². The Hall–Kier alpha value is -0.0800. The minimum absolute atomic E-state index is 0.467. The maximum Gasteiger partial charge on any atom is 0.0159 e. The number of hydrogen-bond acceptors (Lipinski definition) is 2. The summed E-state index contributed by atoms with van der Waals surface area (Å²) in [6.45, 7) is 19.0. The molecule has 2 atom stereocenters. The number of hydrogen-bond donors (Lipinski definition) is 1. The third-order valence-electron chi connectivity index (χ3n) is 5.51. The molecule has 1 aliphatic carbocycles. The second kappa shape index (κ2) is 8.38. The Labute approximate surface area is 127 Å². The molecule has 0 aromatic carbocycles. The second-order valence-corrected chi connectivity index (χ2v) is 7.36. The zero-order valence-corrected chi connectivity index (χ0v) is 14.8. The fraction of sp³-hybridized carbons (Fsp3) is 1.00. The van der Waals surface area contributed by atoms with Gasteiger partial charge in [0, 0.05) is 19.1 Å². The predicted molar refractivity (Wildman–Crippen MR) is 90.2 cm³/mol. The van der Waals surface area contributed by atoms with E-state index < -0.39 is 0 Å². The molecular formula is C18H38N2. The first kappa shape index (κ1) is 18.0. The van der Waals surface area contributed by atoms with Crippen LogP contribution in [0.25, 0.3) is 0 Å². The van der Waals surface area contributed by atoms with Gasteiger partial charge in [0.25, 0.3) is 0 Å². The lowest BCUT2D eigenvalue weighted by Gasteiger charge is -2.35. The Morgan fingerprint density at radius 3 is 2.30 bits per heavy atom. The van der Waals surface area contributed by atoms with E-state index in [0.29, 0.717) is 11.5 Å². The molecule has 1 rings (SSSR count). The van der Waals surface area contributed by atoms with Crippen LogP contribution in [0.2, 0.25) is 0 Å². The van der Waals surface area contributed by atoms with Crippen LogP contribution in [0.3, 0.4) is 0 Å². The highest BCUT2D eigenvalue weighted by Gasteiger charge is 2.41. The summed E-state index contributed by atoms with van der Waals surface area (Å²) in [5, 5.41) is 3.77. The third kappa shape index (κ3) is 4.73. The van der Waals surface area contributed by atoms with Gasteiger partial charge in [-0.25, -0.2) is 0 Å². The molecule has 2 heteroatoms. The van der Waals surface area contributed by atoms with Crippen molar-refractivity contribution in [1.82, 2.24) is 10.2 Å². The molecule has 1 aliphatic rings. The van der Waals surface area contributed by atoms with Crippen LogP contribution in [0.15, 0.2) is 0 Å². The van der Waals surface area contributed by atoms with E-state index in [9.17, 15) is 0 Å². The Morgan fingerprint density at radius 1 is 1.15 bits per heavy atom. The highest BCUT2D eigenvalue weighted by Crippen LogP contribution is 2.41. The Morgan fingerprint density at radius 2 is 1.80 bits per heavy atom. The Kier molecular flexibility index (Phi) is 7.53. The highest BCUT2D eigenvalue weighted by molar-refractivity contribution is 4.97. The summed E-state index contributed by atoms with van der Waals surface area (Å²) in [7, 11) is 0. The molecule has 0 aliphatic heterocycles. The summed E-state index contributed by atoms with van der Waals surface area (Å²) in [4.78, 5) is 2.70. The van der Waals surface area contributed by atoms with Crippen LogP contribution in [-0.4, -0.2) is 37.1 Å². The molecule has 0 aromatic rings. The van der Waals surface area contributed by atoms with Crippen molar-refractivity contribution < 1.29 is 0 Å². The molecule has 2 nitrogen and oxygen atoms in total. The van der Waals surface area contributed by atoms with Crippen molar-refractivity contribution in [3.8, 4) is 0 Å². The lowest BCUT2D eigenvalue weighted by Crippen LogP contribution is -2.46. The lowest BCUT2D eigenvalue weighted by atomic mass is 9.84. The third-order valence-corrected chi connectivity index (χ3v) is 5.51. The van der Waals surface area contributed by atoms with Gasteiger partial charge in [-0.1, -0.05) is 54.4 Å². The molecule has 1 saturated carbocycles. The molecule has 0 amide bonds. The van der Waals surface area contributed by atoms with E-state index in [1.54, 1.807) is 0 Å². The fourth-order valence-electron chi connectivity index (χ4n) is 3.95. The van der Waals surface area contributed by atoms with Gasteiger partial charge in [-0.3, -0.25) is 0 Å². The van der Waals surface area contributed by atoms with E-state index in [1.807, 2.05) is 0 Å². The average molecular weight is 283 g/mol. The van der Waals surface area contributed by atoms with Gasteiger partial charge in [-0.15, -0.1) is 0 Å². The summed E-state index contributed by atoms with van der Waals surface area (Å²) in [6, 6.07) is 0.697. The van der Waals surface area contributed by atoms with Crippen molar-refractivity contribution >= 4 is 0 Å². The summed E-state index contributed by atoms with van der Waals surface area (Å²) < 4.78 is 0. The first-order valence-corrected chi connectivity index (χ1v) is 8.94. The van der Waals surface area contributed by atoms with Crippen molar-refractivity contribution in [3.05, 3.63) is 0 Å². The molecular weight excluding hydrogens is 244 g/mol. The number of rotatable bonds is 9. The van der Waals surface area contributed by atoms with Crippen LogP contribution in [0.1, 0.15) is 67.2 Å². The molecule has 1 fully saturated rings. The van der Waals surface area contributed by atoms with E-state index in [-0.39, 0.29) is 0 Å². The molecule has 0 spiro atoms. The Bertz CT molecular complexity index is 258. The predicted octanol–water partition coefficient (Wildman–Crippen LogP) is 4.16. The molecule has 0 bridgehead atoms. The van der Waals surface area contributed by atoms with Crippen LogP contribution < -0.4 is 5.32 Å². The standard InChI is InChI=1S/C18H38N2/c1-7-15(8-2)13-20(10-4)14-16-11-12-18(5,6)17(16)19-9-3/h15-17,19H,7-14H2,1-6H3. The van der Waals surface area contributed by atoms with Crippen LogP contribution in [-0.2, 0) is 0 Å². The van der Waals surface area contributed by atoms with Gasteiger partial charge in [0.05, 0.1) is 0 Å². The van der Waals surface area contributed by atoms with Gasteiger partial charge >= 0.3 is 0 Å². The first-order chi connectivity index (χ1) is 9.48.